The molecule has 1 spiro atoms. The summed E-state index contributed by atoms with van der Waals surface area (Å²) in [5.41, 5.74) is 4.04. The number of benzene rings is 2. The number of nitriles is 2. The molecule has 5 nitrogen and oxygen atoms in total. The van der Waals surface area contributed by atoms with Crippen molar-refractivity contribution in [3.63, 3.8) is 0 Å². The highest BCUT2D eigenvalue weighted by Crippen LogP contribution is 2.41. The lowest BCUT2D eigenvalue weighted by Gasteiger charge is -2.33. The summed E-state index contributed by atoms with van der Waals surface area (Å²) < 4.78 is 0. The first kappa shape index (κ1) is 15.2. The van der Waals surface area contributed by atoms with Crippen LogP contribution >= 0.6 is 0 Å². The van der Waals surface area contributed by atoms with Crippen LogP contribution in [0.4, 0.5) is 5.69 Å². The molecule has 1 N–H and O–H groups in total. The van der Waals surface area contributed by atoms with Crippen LogP contribution < -0.4 is 5.32 Å². The smallest absolute Gasteiger partial charge is 0.232 e. The molecule has 0 saturated carbocycles. The van der Waals surface area contributed by atoms with Crippen LogP contribution in [-0.2, 0) is 11.2 Å². The molecule has 2 aliphatic rings. The van der Waals surface area contributed by atoms with Crippen molar-refractivity contribution in [1.82, 2.24) is 4.90 Å². The van der Waals surface area contributed by atoms with Gasteiger partial charge in [-0.1, -0.05) is 18.2 Å². The zero-order valence-electron chi connectivity index (χ0n) is 13.6. The second-order valence-corrected chi connectivity index (χ2v) is 6.75. The first-order valence-electron chi connectivity index (χ1n) is 8.23. The van der Waals surface area contributed by atoms with Crippen molar-refractivity contribution in [2.24, 2.45) is 5.41 Å². The van der Waals surface area contributed by atoms with Crippen molar-refractivity contribution < 1.29 is 4.79 Å². The van der Waals surface area contributed by atoms with Gasteiger partial charge in [0.15, 0.2) is 6.19 Å². The van der Waals surface area contributed by atoms with Gasteiger partial charge in [0.2, 0.25) is 5.91 Å². The van der Waals surface area contributed by atoms with Crippen molar-refractivity contribution in [3.8, 4) is 23.4 Å². The molecule has 2 aromatic carbocycles. The van der Waals surface area contributed by atoms with E-state index in [-0.39, 0.29) is 5.91 Å². The van der Waals surface area contributed by atoms with Crippen LogP contribution in [0, 0.1) is 28.2 Å². The Balaban J connectivity index is 1.71. The third-order valence-electron chi connectivity index (χ3n) is 5.18. The van der Waals surface area contributed by atoms with E-state index in [2.05, 4.69) is 23.6 Å². The molecule has 0 aromatic heterocycles. The van der Waals surface area contributed by atoms with E-state index in [4.69, 9.17) is 10.5 Å². The third-order valence-corrected chi connectivity index (χ3v) is 5.18. The third kappa shape index (κ3) is 2.51. The van der Waals surface area contributed by atoms with Crippen molar-refractivity contribution in [2.45, 2.75) is 12.8 Å². The number of anilines is 1. The topological polar surface area (TPSA) is 79.9 Å². The molecule has 0 aliphatic carbocycles. The molecular weight excluding hydrogens is 312 g/mol. The van der Waals surface area contributed by atoms with Crippen LogP contribution in [0.5, 0.6) is 0 Å². The first-order valence-corrected chi connectivity index (χ1v) is 8.23. The van der Waals surface area contributed by atoms with E-state index >= 15 is 0 Å². The molecule has 122 valence electrons. The Hall–Kier alpha value is -3.31. The number of likely N-dealkylation sites (tertiary alicyclic amines) is 1. The highest BCUT2D eigenvalue weighted by molar-refractivity contribution is 5.99. The molecule has 1 unspecified atom stereocenters. The Morgan fingerprint density at radius 2 is 1.96 bits per heavy atom. The molecular formula is C20H16N4O. The Kier molecular flexibility index (Phi) is 3.44. The van der Waals surface area contributed by atoms with Gasteiger partial charge in [0.25, 0.3) is 0 Å². The number of rotatable bonds is 1. The number of carbonyl (C=O) groups excluding carboxylic acids is 1. The van der Waals surface area contributed by atoms with E-state index in [0.29, 0.717) is 31.5 Å². The SMILES string of the molecule is N#Cc1cccc(-c2ccc3c(c2)CC2(CCN(C#N)C2)C(=O)N3)c1. The van der Waals surface area contributed by atoms with Gasteiger partial charge >= 0.3 is 0 Å². The quantitative estimate of drug-likeness (QED) is 0.816. The lowest BCUT2D eigenvalue weighted by atomic mass is 9.76. The second-order valence-electron chi connectivity index (χ2n) is 6.75. The maximum atomic E-state index is 12.6. The molecule has 2 heterocycles. The standard InChI is InChI=1S/C20H16N4O/c21-11-14-2-1-3-15(8-14)16-4-5-18-17(9-16)10-20(19(25)23-18)6-7-24(12-20)13-22/h1-5,8-9H,6-7,10,12H2,(H,23,25). The molecule has 1 fully saturated rings. The van der Waals surface area contributed by atoms with E-state index < -0.39 is 5.41 Å². The number of carbonyl (C=O) groups is 1. The van der Waals surface area contributed by atoms with E-state index in [0.717, 1.165) is 22.4 Å². The van der Waals surface area contributed by atoms with Crippen molar-refractivity contribution in [2.75, 3.05) is 18.4 Å². The van der Waals surface area contributed by atoms with Gasteiger partial charge in [-0.25, -0.2) is 0 Å². The lowest BCUT2D eigenvalue weighted by Crippen LogP contribution is -2.43. The number of hydrogen-bond acceptors (Lipinski definition) is 4. The minimum absolute atomic E-state index is 0.0111. The lowest BCUT2D eigenvalue weighted by molar-refractivity contribution is -0.125. The Morgan fingerprint density at radius 3 is 2.72 bits per heavy atom. The highest BCUT2D eigenvalue weighted by atomic mass is 16.2. The van der Waals surface area contributed by atoms with E-state index in [1.54, 1.807) is 11.0 Å². The van der Waals surface area contributed by atoms with E-state index in [1.165, 1.54) is 0 Å². The Morgan fingerprint density at radius 1 is 1.12 bits per heavy atom. The van der Waals surface area contributed by atoms with Crippen molar-refractivity contribution in [3.05, 3.63) is 53.6 Å². The number of amides is 1. The highest BCUT2D eigenvalue weighted by Gasteiger charge is 2.47. The summed E-state index contributed by atoms with van der Waals surface area (Å²) in [5.74, 6) is 0.0111. The normalized spacial score (nSPS) is 21.4. The van der Waals surface area contributed by atoms with Crippen LogP contribution in [0.25, 0.3) is 11.1 Å². The first-order chi connectivity index (χ1) is 12.1. The number of nitrogens with one attached hydrogen (secondary N) is 1. The van der Waals surface area contributed by atoms with E-state index in [9.17, 15) is 4.79 Å². The van der Waals surface area contributed by atoms with Crippen molar-refractivity contribution >= 4 is 11.6 Å². The molecule has 1 atom stereocenters. The van der Waals surface area contributed by atoms with Crippen LogP contribution in [0.2, 0.25) is 0 Å². The molecule has 0 radical (unpaired) electrons. The molecule has 0 bridgehead atoms. The second kappa shape index (κ2) is 5.65. The minimum Gasteiger partial charge on any atom is -0.325 e. The van der Waals surface area contributed by atoms with Gasteiger partial charge < -0.3 is 10.2 Å². The summed E-state index contributed by atoms with van der Waals surface area (Å²) in [6, 6.07) is 15.6. The summed E-state index contributed by atoms with van der Waals surface area (Å²) in [7, 11) is 0. The van der Waals surface area contributed by atoms with Crippen LogP contribution in [0.3, 0.4) is 0 Å². The predicted molar refractivity (Wildman–Crippen MR) is 93.2 cm³/mol. The summed E-state index contributed by atoms with van der Waals surface area (Å²) in [5, 5.41) is 21.2. The van der Waals surface area contributed by atoms with Gasteiger partial charge in [0, 0.05) is 18.8 Å². The maximum absolute atomic E-state index is 12.6. The summed E-state index contributed by atoms with van der Waals surface area (Å²) in [4.78, 5) is 14.3. The summed E-state index contributed by atoms with van der Waals surface area (Å²) in [6.07, 6.45) is 3.48. The Labute approximate surface area is 146 Å². The predicted octanol–water partition coefficient (Wildman–Crippen LogP) is 2.89. The van der Waals surface area contributed by atoms with Crippen molar-refractivity contribution in [1.29, 1.82) is 10.5 Å². The fraction of sp³-hybridized carbons (Fsp3) is 0.250. The zero-order chi connectivity index (χ0) is 17.4. The number of fused-ring (bicyclic) bond motifs is 1. The molecule has 1 amide bonds. The van der Waals surface area contributed by atoms with E-state index in [1.807, 2.05) is 30.3 Å². The average Bonchev–Trinajstić information content (AvgIpc) is 3.06. The maximum Gasteiger partial charge on any atom is 0.232 e. The number of hydrogen-bond donors (Lipinski definition) is 1. The molecule has 4 rings (SSSR count). The Bertz CT molecular complexity index is 953. The average molecular weight is 328 g/mol. The summed E-state index contributed by atoms with van der Waals surface area (Å²) in [6.45, 7) is 1.10. The monoisotopic (exact) mass is 328 g/mol. The number of nitrogens with zero attached hydrogens (tertiary/aromatic N) is 3. The zero-order valence-corrected chi connectivity index (χ0v) is 13.6. The fourth-order valence-electron chi connectivity index (χ4n) is 3.80. The molecule has 25 heavy (non-hydrogen) atoms. The molecule has 2 aliphatic heterocycles. The molecule has 1 saturated heterocycles. The minimum atomic E-state index is -0.518. The molecule has 5 heteroatoms. The fourth-order valence-corrected chi connectivity index (χ4v) is 3.80. The van der Waals surface area contributed by atoms with Crippen LogP contribution in [0.1, 0.15) is 17.5 Å². The van der Waals surface area contributed by atoms with Crippen LogP contribution in [-0.4, -0.2) is 23.9 Å². The van der Waals surface area contributed by atoms with Gasteiger partial charge in [0.05, 0.1) is 17.0 Å². The van der Waals surface area contributed by atoms with Crippen LogP contribution in [0.15, 0.2) is 42.5 Å². The van der Waals surface area contributed by atoms with Gasteiger partial charge in [-0.3, -0.25) is 4.79 Å². The van der Waals surface area contributed by atoms with Gasteiger partial charge in [-0.15, -0.1) is 0 Å². The van der Waals surface area contributed by atoms with Gasteiger partial charge in [-0.05, 0) is 53.8 Å². The summed E-state index contributed by atoms with van der Waals surface area (Å²) >= 11 is 0. The van der Waals surface area contributed by atoms with Gasteiger partial charge in [-0.2, -0.15) is 10.5 Å². The van der Waals surface area contributed by atoms with Gasteiger partial charge in [0.1, 0.15) is 0 Å². The molecule has 2 aromatic rings. The largest absolute Gasteiger partial charge is 0.325 e.